The predicted octanol–water partition coefficient (Wildman–Crippen LogP) is 19.9. The summed E-state index contributed by atoms with van der Waals surface area (Å²) in [6, 6.07) is 38.8. The smallest absolute Gasteiger partial charge is 0.147 e. The largest absolute Gasteiger partial charge is 0.307 e. The molecule has 0 aliphatic heterocycles. The lowest BCUT2D eigenvalue weighted by Crippen LogP contribution is -2.14. The van der Waals surface area contributed by atoms with Gasteiger partial charge in [0, 0.05) is 58.5 Å². The van der Waals surface area contributed by atoms with E-state index in [0.29, 0.717) is 56.6 Å². The van der Waals surface area contributed by atoms with Crippen LogP contribution in [-0.2, 0) is 0 Å². The molecule has 382 valence electrons. The molecule has 0 atom stereocenters. The highest BCUT2D eigenvalue weighted by molar-refractivity contribution is 6.28. The quantitative estimate of drug-likeness (QED) is 0.0995. The Morgan fingerprint density at radius 2 is 0.474 bits per heavy atom. The molecule has 12 aromatic rings. The molecule has 0 saturated carbocycles. The van der Waals surface area contributed by atoms with Gasteiger partial charge in [0.2, 0.25) is 0 Å². The van der Waals surface area contributed by atoms with Gasteiger partial charge in [-0.25, -0.2) is 52.7 Å². The summed E-state index contributed by atoms with van der Waals surface area (Å²) in [5.41, 5.74) is 0.318. The van der Waals surface area contributed by atoms with Crippen LogP contribution in [0.15, 0.2) is 194 Å². The Balaban J connectivity index is 1.13. The van der Waals surface area contributed by atoms with E-state index >= 15 is 17.6 Å². The first kappa shape index (κ1) is 49.3. The van der Waals surface area contributed by atoms with Crippen LogP contribution in [0.25, 0.3) is 76.8 Å². The molecule has 0 saturated heterocycles. The summed E-state index contributed by atoms with van der Waals surface area (Å²) in [4.78, 5) is 2.71. The molecule has 0 fully saturated rings. The van der Waals surface area contributed by atoms with Crippen molar-refractivity contribution in [3.05, 3.63) is 264 Å². The van der Waals surface area contributed by atoms with Gasteiger partial charge < -0.3 is 9.80 Å². The molecule has 14 heteroatoms. The summed E-state index contributed by atoms with van der Waals surface area (Å²) in [7, 11) is 0. The first-order valence-electron chi connectivity index (χ1n) is 23.9. The zero-order valence-corrected chi connectivity index (χ0v) is 39.9. The maximum atomic E-state index is 16.6. The maximum absolute atomic E-state index is 16.6. The Morgan fingerprint density at radius 1 is 0.205 bits per heavy atom. The molecular weight excluding hydrogens is 1020 g/mol. The second kappa shape index (κ2) is 19.2. The lowest BCUT2D eigenvalue weighted by molar-refractivity contribution is 0.583. The third-order valence-corrected chi connectivity index (χ3v) is 13.5. The highest BCUT2D eigenvalue weighted by Gasteiger charge is 2.27. The zero-order chi connectivity index (χ0) is 54.3. The third-order valence-electron chi connectivity index (χ3n) is 13.5. The summed E-state index contributed by atoms with van der Waals surface area (Å²) >= 11 is 0. The fourth-order valence-corrected chi connectivity index (χ4v) is 10.3. The second-order valence-electron chi connectivity index (χ2n) is 18.6. The molecule has 0 spiro atoms. The number of hydrogen-bond donors (Lipinski definition) is 0. The van der Waals surface area contributed by atoms with Crippen LogP contribution in [-0.4, -0.2) is 0 Å². The van der Waals surface area contributed by atoms with Crippen LogP contribution in [0.3, 0.4) is 0 Å². The van der Waals surface area contributed by atoms with Crippen LogP contribution in [0.2, 0.25) is 0 Å². The van der Waals surface area contributed by atoms with Gasteiger partial charge in [-0.2, -0.15) is 0 Å². The van der Waals surface area contributed by atoms with Crippen molar-refractivity contribution in [1.82, 2.24) is 0 Å². The first-order valence-corrected chi connectivity index (χ1v) is 23.9. The average Bonchev–Trinajstić information content (AvgIpc) is 3.56. The molecule has 0 unspecified atom stereocenters. The molecule has 0 radical (unpaired) electrons. The van der Waals surface area contributed by atoms with Gasteiger partial charge in [-0.1, -0.05) is 36.4 Å². The van der Waals surface area contributed by atoms with E-state index < -0.39 is 69.8 Å². The van der Waals surface area contributed by atoms with Crippen molar-refractivity contribution < 1.29 is 52.7 Å². The SMILES string of the molecule is Fc1cc(F)cc(-c2cc(-c3cc(F)cc(F)c3)cc(N(c3cc(F)ccc3F)c3ccc4ccc5c(N(c6cc(-c7cc(F)cc(F)c7)cc(-c7cc(F)cc(F)c7)c6)c6cc(F)ccc6F)ccc6ccc3c4c65)c2)c1. The Morgan fingerprint density at radius 3 is 0.769 bits per heavy atom. The van der Waals surface area contributed by atoms with Crippen LogP contribution >= 0.6 is 0 Å². The summed E-state index contributed by atoms with van der Waals surface area (Å²) in [5, 5.41) is 3.06. The number of nitrogens with zero attached hydrogens (tertiary/aromatic N) is 2. The van der Waals surface area contributed by atoms with E-state index in [1.54, 1.807) is 48.5 Å². The highest BCUT2D eigenvalue weighted by atomic mass is 19.2. The zero-order valence-electron chi connectivity index (χ0n) is 39.9. The van der Waals surface area contributed by atoms with E-state index in [1.165, 1.54) is 46.2 Å². The molecule has 0 amide bonds. The number of benzene rings is 12. The van der Waals surface area contributed by atoms with E-state index in [1.807, 2.05) is 0 Å². The van der Waals surface area contributed by atoms with E-state index in [2.05, 4.69) is 0 Å². The topological polar surface area (TPSA) is 6.48 Å². The first-order chi connectivity index (χ1) is 37.5. The maximum Gasteiger partial charge on any atom is 0.147 e. The van der Waals surface area contributed by atoms with Gasteiger partial charge in [0.1, 0.15) is 69.8 Å². The van der Waals surface area contributed by atoms with Crippen LogP contribution in [0, 0.1) is 69.8 Å². The average molecular weight is 1060 g/mol. The van der Waals surface area contributed by atoms with Crippen molar-refractivity contribution >= 4 is 66.4 Å². The van der Waals surface area contributed by atoms with Crippen molar-refractivity contribution in [1.29, 1.82) is 0 Å². The number of anilines is 6. The fourth-order valence-electron chi connectivity index (χ4n) is 10.3. The van der Waals surface area contributed by atoms with E-state index in [-0.39, 0.29) is 78.6 Å². The molecule has 0 aliphatic carbocycles. The summed E-state index contributed by atoms with van der Waals surface area (Å²) < 4.78 is 184. The molecule has 0 aliphatic rings. The molecular formula is C64H32F12N2. The van der Waals surface area contributed by atoms with Gasteiger partial charge in [0.25, 0.3) is 0 Å². The number of hydrogen-bond acceptors (Lipinski definition) is 2. The number of rotatable bonds is 10. The Bertz CT molecular complexity index is 3910. The van der Waals surface area contributed by atoms with Crippen molar-refractivity contribution in [2.45, 2.75) is 0 Å². The number of halogens is 12. The second-order valence-corrected chi connectivity index (χ2v) is 18.6. The lowest BCUT2D eigenvalue weighted by atomic mass is 9.91. The predicted molar refractivity (Wildman–Crippen MR) is 281 cm³/mol. The minimum atomic E-state index is -0.941. The van der Waals surface area contributed by atoms with Crippen LogP contribution in [0.1, 0.15) is 0 Å². The molecule has 2 nitrogen and oxygen atoms in total. The normalized spacial score (nSPS) is 11.6. The monoisotopic (exact) mass is 1060 g/mol. The third kappa shape index (κ3) is 9.14. The van der Waals surface area contributed by atoms with Crippen LogP contribution < -0.4 is 9.80 Å². The van der Waals surface area contributed by atoms with E-state index in [0.717, 1.165) is 84.9 Å². The van der Waals surface area contributed by atoms with E-state index in [9.17, 15) is 35.1 Å². The van der Waals surface area contributed by atoms with E-state index in [4.69, 9.17) is 0 Å². The van der Waals surface area contributed by atoms with Gasteiger partial charge in [-0.15, -0.1) is 0 Å². The molecule has 12 rings (SSSR count). The Labute approximate surface area is 435 Å². The lowest BCUT2D eigenvalue weighted by Gasteiger charge is -2.30. The van der Waals surface area contributed by atoms with Gasteiger partial charge in [-0.3, -0.25) is 0 Å². The van der Waals surface area contributed by atoms with Crippen LogP contribution in [0.5, 0.6) is 0 Å². The molecule has 78 heavy (non-hydrogen) atoms. The summed E-state index contributed by atoms with van der Waals surface area (Å²) in [5.74, 6) is -11.1. The van der Waals surface area contributed by atoms with Gasteiger partial charge in [0.15, 0.2) is 0 Å². The minimum absolute atomic E-state index is 0.00168. The van der Waals surface area contributed by atoms with Crippen molar-refractivity contribution in [3.63, 3.8) is 0 Å². The summed E-state index contributed by atoms with van der Waals surface area (Å²) in [6.45, 7) is 0. The van der Waals surface area contributed by atoms with Crippen molar-refractivity contribution in [3.8, 4) is 44.5 Å². The highest BCUT2D eigenvalue weighted by Crippen LogP contribution is 2.50. The Hall–Kier alpha value is -9.56. The molecule has 0 bridgehead atoms. The minimum Gasteiger partial charge on any atom is -0.307 e. The molecule has 0 heterocycles. The van der Waals surface area contributed by atoms with Gasteiger partial charge >= 0.3 is 0 Å². The standard InChI is InChI=1S/C64H32F12N2/c65-43-5-9-57(75)61(31-43)77(53-23-35(39-15-45(67)27-46(68)16-39)13-36(24-53)40-17-47(69)28-48(70)18-40)59-12-4-34-2-8-56-60(11-3-33-1-7-55(59)64(34)63(33)56)78(62-32-44(66)6-10-58(62)76)54-25-37(41-19-49(71)29-50(72)20-41)14-38(26-54)42-21-51(73)30-52(74)22-42/h1-32H. The van der Waals surface area contributed by atoms with Crippen molar-refractivity contribution in [2.24, 2.45) is 0 Å². The van der Waals surface area contributed by atoms with Crippen molar-refractivity contribution in [2.75, 3.05) is 9.80 Å². The van der Waals surface area contributed by atoms with Gasteiger partial charge in [0.05, 0.1) is 22.7 Å². The summed E-state index contributed by atoms with van der Waals surface area (Å²) in [6.07, 6.45) is 0. The molecule has 0 aromatic heterocycles. The van der Waals surface area contributed by atoms with Gasteiger partial charge in [-0.05, 0) is 187 Å². The van der Waals surface area contributed by atoms with Crippen LogP contribution in [0.4, 0.5) is 86.8 Å². The molecule has 12 aromatic carbocycles. The molecule has 0 N–H and O–H groups in total. The fraction of sp³-hybridized carbons (Fsp3) is 0. The Kier molecular flexibility index (Phi) is 12.2.